The van der Waals surface area contributed by atoms with E-state index in [9.17, 15) is 43.2 Å². The van der Waals surface area contributed by atoms with E-state index < -0.39 is 97.5 Å². The van der Waals surface area contributed by atoms with Crippen LogP contribution in [0.2, 0.25) is 0 Å². The van der Waals surface area contributed by atoms with Crippen molar-refractivity contribution in [1.82, 2.24) is 0 Å². The van der Waals surface area contributed by atoms with E-state index in [0.717, 1.165) is 154 Å². The van der Waals surface area contributed by atoms with Crippen LogP contribution in [0.5, 0.6) is 0 Å². The number of phosphoric ester groups is 2. The van der Waals surface area contributed by atoms with E-state index in [0.29, 0.717) is 25.7 Å². The van der Waals surface area contributed by atoms with E-state index in [2.05, 4.69) is 76.3 Å². The zero-order valence-corrected chi connectivity index (χ0v) is 61.7. The molecule has 0 aliphatic carbocycles. The van der Waals surface area contributed by atoms with E-state index in [1.807, 2.05) is 0 Å². The van der Waals surface area contributed by atoms with Gasteiger partial charge >= 0.3 is 39.5 Å². The maximum absolute atomic E-state index is 13.1. The van der Waals surface area contributed by atoms with Crippen molar-refractivity contribution >= 4 is 39.5 Å². The zero-order valence-electron chi connectivity index (χ0n) is 59.9. The summed E-state index contributed by atoms with van der Waals surface area (Å²) in [5.41, 5.74) is 0. The summed E-state index contributed by atoms with van der Waals surface area (Å²) >= 11 is 0. The predicted octanol–water partition coefficient (Wildman–Crippen LogP) is 21.3. The monoisotopic (exact) mass is 1370 g/mol. The van der Waals surface area contributed by atoms with Crippen LogP contribution < -0.4 is 0 Å². The second-order valence-electron chi connectivity index (χ2n) is 25.6. The number of rotatable bonds is 72. The van der Waals surface area contributed by atoms with Gasteiger partial charge in [0.25, 0.3) is 0 Å². The van der Waals surface area contributed by atoms with Crippen molar-refractivity contribution in [2.45, 2.75) is 367 Å². The molecule has 94 heavy (non-hydrogen) atoms. The molecule has 0 radical (unpaired) electrons. The van der Waals surface area contributed by atoms with Gasteiger partial charge in [0.05, 0.1) is 26.4 Å². The molecule has 0 bridgehead atoms. The second-order valence-corrected chi connectivity index (χ2v) is 28.5. The Morgan fingerprint density at radius 3 is 0.745 bits per heavy atom. The molecule has 0 heterocycles. The van der Waals surface area contributed by atoms with Gasteiger partial charge in [-0.15, -0.1) is 0 Å². The highest BCUT2D eigenvalue weighted by Crippen LogP contribution is 2.45. The minimum Gasteiger partial charge on any atom is -0.462 e. The van der Waals surface area contributed by atoms with Crippen LogP contribution in [-0.4, -0.2) is 96.7 Å². The first-order chi connectivity index (χ1) is 45.7. The third-order valence-electron chi connectivity index (χ3n) is 16.2. The minimum atomic E-state index is -4.97. The van der Waals surface area contributed by atoms with Crippen molar-refractivity contribution < 1.29 is 80.2 Å². The third kappa shape index (κ3) is 67.6. The summed E-state index contributed by atoms with van der Waals surface area (Å²) in [7, 11) is -9.93. The van der Waals surface area contributed by atoms with Crippen molar-refractivity contribution in [3.63, 3.8) is 0 Å². The topological polar surface area (TPSA) is 237 Å². The van der Waals surface area contributed by atoms with Gasteiger partial charge in [0.2, 0.25) is 0 Å². The quantitative estimate of drug-likeness (QED) is 0.0169. The number of hydrogen-bond acceptors (Lipinski definition) is 15. The number of aliphatic hydroxyl groups excluding tert-OH is 1. The molecule has 2 unspecified atom stereocenters. The molecule has 19 heteroatoms. The van der Waals surface area contributed by atoms with Gasteiger partial charge in [-0.3, -0.25) is 37.3 Å². The second kappa shape index (κ2) is 68.5. The smallest absolute Gasteiger partial charge is 0.462 e. The lowest BCUT2D eigenvalue weighted by molar-refractivity contribution is -0.161. The number of carbonyl (C=O) groups is 4. The van der Waals surface area contributed by atoms with Crippen molar-refractivity contribution in [3.05, 3.63) is 48.6 Å². The molecule has 17 nitrogen and oxygen atoms in total. The maximum atomic E-state index is 13.1. The van der Waals surface area contributed by atoms with Gasteiger partial charge in [-0.25, -0.2) is 9.13 Å². The molecule has 0 amide bonds. The van der Waals surface area contributed by atoms with E-state index in [1.54, 1.807) is 0 Å². The van der Waals surface area contributed by atoms with Crippen LogP contribution in [0.1, 0.15) is 349 Å². The third-order valence-corrected chi connectivity index (χ3v) is 18.1. The maximum Gasteiger partial charge on any atom is 0.472 e. The van der Waals surface area contributed by atoms with E-state index in [4.69, 9.17) is 37.0 Å². The largest absolute Gasteiger partial charge is 0.472 e. The van der Waals surface area contributed by atoms with Crippen LogP contribution in [0.3, 0.4) is 0 Å². The average molecular weight is 1370 g/mol. The number of esters is 4. The molecule has 0 saturated carbocycles. The lowest BCUT2D eigenvalue weighted by Crippen LogP contribution is -2.30. The first kappa shape index (κ1) is 91.0. The van der Waals surface area contributed by atoms with Gasteiger partial charge < -0.3 is 33.8 Å². The van der Waals surface area contributed by atoms with E-state index in [-0.39, 0.29) is 25.7 Å². The Morgan fingerprint density at radius 1 is 0.287 bits per heavy atom. The summed E-state index contributed by atoms with van der Waals surface area (Å²) in [6, 6.07) is 0. The van der Waals surface area contributed by atoms with Gasteiger partial charge in [0.1, 0.15) is 19.3 Å². The number of aliphatic hydroxyl groups is 1. The first-order valence-corrected chi connectivity index (χ1v) is 40.9. The van der Waals surface area contributed by atoms with Crippen LogP contribution in [0.15, 0.2) is 48.6 Å². The Hall–Kier alpha value is -2.98. The SMILES string of the molecule is CCCCCC/C=C\CCCCCCCC(=O)OC[C@H](COP(=O)(O)OC[C@H](O)COP(=O)(O)OC[C@@H](COC(=O)CCCCCCC/C=C\CCCCCCCC)OC(=O)CCCCCCC/C=C\CCCCCC)OC(=O)CCCCCCC/C=C\CCCCCC. The summed E-state index contributed by atoms with van der Waals surface area (Å²) < 4.78 is 68.4. The van der Waals surface area contributed by atoms with Crippen LogP contribution in [-0.2, 0) is 65.4 Å². The van der Waals surface area contributed by atoms with Gasteiger partial charge in [0.15, 0.2) is 12.2 Å². The summed E-state index contributed by atoms with van der Waals surface area (Å²) in [5.74, 6) is -2.18. The molecule has 0 aromatic carbocycles. The number of allylic oxidation sites excluding steroid dienone is 8. The molecular formula is C75H138O17P2. The summed E-state index contributed by atoms with van der Waals surface area (Å²) in [5, 5.41) is 10.6. The average Bonchev–Trinajstić information content (AvgIpc) is 2.45. The Kier molecular flexibility index (Phi) is 66.4. The molecule has 0 spiro atoms. The number of carbonyl (C=O) groups excluding carboxylic acids is 4. The van der Waals surface area contributed by atoms with Crippen LogP contribution in [0.25, 0.3) is 0 Å². The number of unbranched alkanes of at least 4 members (excludes halogenated alkanes) is 38. The minimum absolute atomic E-state index is 0.0877. The lowest BCUT2D eigenvalue weighted by atomic mass is 10.1. The van der Waals surface area contributed by atoms with E-state index >= 15 is 0 Å². The fourth-order valence-corrected chi connectivity index (χ4v) is 12.0. The molecule has 5 atom stereocenters. The molecule has 0 aliphatic rings. The summed E-state index contributed by atoms with van der Waals surface area (Å²) in [6.45, 7) is 4.83. The van der Waals surface area contributed by atoms with Crippen LogP contribution in [0.4, 0.5) is 0 Å². The molecule has 0 saturated heterocycles. The molecule has 0 fully saturated rings. The van der Waals surface area contributed by atoms with Crippen molar-refractivity contribution in [1.29, 1.82) is 0 Å². The molecule has 550 valence electrons. The number of hydrogen-bond donors (Lipinski definition) is 3. The van der Waals surface area contributed by atoms with Gasteiger partial charge in [-0.2, -0.15) is 0 Å². The highest BCUT2D eigenvalue weighted by molar-refractivity contribution is 7.47. The van der Waals surface area contributed by atoms with Crippen molar-refractivity contribution in [2.75, 3.05) is 39.6 Å². The van der Waals surface area contributed by atoms with Crippen LogP contribution in [0, 0.1) is 0 Å². The first-order valence-electron chi connectivity index (χ1n) is 37.9. The Bertz CT molecular complexity index is 1980. The fraction of sp³-hybridized carbons (Fsp3) is 0.840. The molecule has 0 rings (SSSR count). The Balaban J connectivity index is 5.32. The molecule has 0 aromatic heterocycles. The van der Waals surface area contributed by atoms with Crippen molar-refractivity contribution in [3.8, 4) is 0 Å². The van der Waals surface area contributed by atoms with Crippen LogP contribution >= 0.6 is 15.6 Å². The summed E-state index contributed by atoms with van der Waals surface area (Å²) in [4.78, 5) is 72.7. The zero-order chi connectivity index (χ0) is 69.0. The molecule has 3 N–H and O–H groups in total. The number of ether oxygens (including phenoxy) is 4. The van der Waals surface area contributed by atoms with Gasteiger partial charge in [-0.1, -0.05) is 243 Å². The normalized spacial score (nSPS) is 14.2. The fourth-order valence-electron chi connectivity index (χ4n) is 10.4. The highest BCUT2D eigenvalue weighted by atomic mass is 31.2. The van der Waals surface area contributed by atoms with E-state index in [1.165, 1.54) is 116 Å². The molecule has 0 aliphatic heterocycles. The Morgan fingerprint density at radius 2 is 0.489 bits per heavy atom. The Labute approximate surface area is 572 Å². The molecule has 0 aromatic rings. The van der Waals surface area contributed by atoms with Gasteiger partial charge in [-0.05, 0) is 128 Å². The molecular weight excluding hydrogens is 1230 g/mol. The van der Waals surface area contributed by atoms with Gasteiger partial charge in [0, 0.05) is 25.7 Å². The lowest BCUT2D eigenvalue weighted by Gasteiger charge is -2.21. The standard InChI is InChI=1S/C75H138O17P2/c1-5-9-13-17-21-25-29-33-34-38-40-44-48-52-56-60-73(78)86-66-71(92-75(80)62-58-54-50-46-42-37-32-28-24-20-16-12-8-4)68-90-94(83,84)88-64-69(76)63-87-93(81,82)89-67-70(91-74(79)61-57-53-49-45-41-36-31-27-23-19-15-11-7-3)65-85-72(77)59-55-51-47-43-39-35-30-26-22-18-14-10-6-2/h26-28,30-34,69-71,76H,5-25,29,35-68H2,1-4H3,(H,81,82)(H,83,84)/b30-26-,31-27-,32-28-,34-33-/t69-,70+,71+/m0/s1. The number of phosphoric acid groups is 2. The highest BCUT2D eigenvalue weighted by Gasteiger charge is 2.30. The van der Waals surface area contributed by atoms with Crippen molar-refractivity contribution in [2.24, 2.45) is 0 Å². The predicted molar refractivity (Wildman–Crippen MR) is 381 cm³/mol. The summed E-state index contributed by atoms with van der Waals surface area (Å²) in [6.07, 6.45) is 63.9.